The molecule has 0 spiro atoms. The van der Waals surface area contributed by atoms with Crippen LogP contribution in [0, 0.1) is 0 Å². The summed E-state index contributed by atoms with van der Waals surface area (Å²) in [5.41, 5.74) is -0.304. The van der Waals surface area contributed by atoms with Crippen LogP contribution in [0.1, 0.15) is 26.3 Å². The van der Waals surface area contributed by atoms with Crippen molar-refractivity contribution >= 4 is 21.9 Å². The number of hydrogen-bond donors (Lipinski definition) is 2. The number of nitrogens with zero attached hydrogens (tertiary/aromatic N) is 1. The molecule has 2 N–H and O–H groups in total. The molecule has 112 valence electrons. The Morgan fingerprint density at radius 2 is 1.85 bits per heavy atom. The molecule has 0 aromatic heterocycles. The molecule has 0 bridgehead atoms. The molecule has 5 heteroatoms. The van der Waals surface area contributed by atoms with Crippen molar-refractivity contribution < 1.29 is 9.90 Å². The predicted molar refractivity (Wildman–Crippen MR) is 84.9 cm³/mol. The normalized spacial score (nSPS) is 14.2. The smallest absolute Gasteiger partial charge is 0.328 e. The first-order valence-corrected chi connectivity index (χ1v) is 7.70. The highest BCUT2D eigenvalue weighted by molar-refractivity contribution is 9.10. The summed E-state index contributed by atoms with van der Waals surface area (Å²) < 4.78 is 0.942. The van der Waals surface area contributed by atoms with E-state index in [1.165, 1.54) is 0 Å². The van der Waals surface area contributed by atoms with Crippen LogP contribution in [0.15, 0.2) is 28.7 Å². The van der Waals surface area contributed by atoms with E-state index in [0.29, 0.717) is 6.54 Å². The van der Waals surface area contributed by atoms with Crippen LogP contribution in [0.4, 0.5) is 0 Å². The Kier molecular flexibility index (Phi) is 6.65. The third-order valence-corrected chi connectivity index (χ3v) is 4.18. The van der Waals surface area contributed by atoms with Crippen molar-refractivity contribution in [2.75, 3.05) is 26.2 Å². The van der Waals surface area contributed by atoms with Gasteiger partial charge in [-0.05, 0) is 37.7 Å². The Morgan fingerprint density at radius 1 is 1.30 bits per heavy atom. The minimum atomic E-state index is -1.06. The van der Waals surface area contributed by atoms with Gasteiger partial charge in [-0.3, -0.25) is 5.32 Å². The number of carboxylic acid groups (broad SMARTS) is 1. The molecule has 0 saturated heterocycles. The molecule has 0 aliphatic rings. The van der Waals surface area contributed by atoms with E-state index < -0.39 is 11.5 Å². The van der Waals surface area contributed by atoms with Gasteiger partial charge < -0.3 is 10.0 Å². The van der Waals surface area contributed by atoms with Crippen LogP contribution >= 0.6 is 15.9 Å². The summed E-state index contributed by atoms with van der Waals surface area (Å²) in [6.07, 6.45) is 0. The van der Waals surface area contributed by atoms with Gasteiger partial charge in [0, 0.05) is 17.6 Å². The van der Waals surface area contributed by atoms with E-state index in [1.54, 1.807) is 6.92 Å². The molecule has 1 aromatic carbocycles. The van der Waals surface area contributed by atoms with Crippen molar-refractivity contribution in [2.45, 2.75) is 26.3 Å². The Morgan fingerprint density at radius 3 is 2.30 bits per heavy atom. The number of hydrogen-bond acceptors (Lipinski definition) is 3. The monoisotopic (exact) mass is 342 g/mol. The Balaban J connectivity index is 2.77. The highest BCUT2D eigenvalue weighted by Crippen LogP contribution is 2.23. The van der Waals surface area contributed by atoms with E-state index >= 15 is 0 Å². The standard InChI is InChI=1S/C15H23BrN2O2/c1-4-18(5-2)11-10-17-15(3,14(19)20)12-6-8-13(16)9-7-12/h6-9,17H,4-5,10-11H2,1-3H3,(H,19,20). The van der Waals surface area contributed by atoms with Gasteiger partial charge in [-0.1, -0.05) is 41.9 Å². The van der Waals surface area contributed by atoms with Gasteiger partial charge >= 0.3 is 5.97 Å². The molecular weight excluding hydrogens is 320 g/mol. The van der Waals surface area contributed by atoms with Crippen LogP contribution in [0.25, 0.3) is 0 Å². The summed E-state index contributed by atoms with van der Waals surface area (Å²) >= 11 is 3.37. The molecule has 1 atom stereocenters. The molecule has 0 fully saturated rings. The maximum atomic E-state index is 11.6. The number of carbonyl (C=O) groups is 1. The highest BCUT2D eigenvalue weighted by atomic mass is 79.9. The maximum Gasteiger partial charge on any atom is 0.328 e. The van der Waals surface area contributed by atoms with Gasteiger partial charge in [-0.25, -0.2) is 4.79 Å². The quantitative estimate of drug-likeness (QED) is 0.762. The van der Waals surface area contributed by atoms with E-state index in [4.69, 9.17) is 0 Å². The van der Waals surface area contributed by atoms with Gasteiger partial charge in [0.2, 0.25) is 0 Å². The number of aliphatic carboxylic acids is 1. The zero-order chi connectivity index (χ0) is 15.2. The molecule has 0 saturated carbocycles. The second kappa shape index (κ2) is 7.76. The summed E-state index contributed by atoms with van der Waals surface area (Å²) in [7, 11) is 0. The largest absolute Gasteiger partial charge is 0.480 e. The fourth-order valence-corrected chi connectivity index (χ4v) is 2.35. The van der Waals surface area contributed by atoms with Gasteiger partial charge in [-0.15, -0.1) is 0 Å². The third-order valence-electron chi connectivity index (χ3n) is 3.65. The van der Waals surface area contributed by atoms with Crippen LogP contribution in [-0.4, -0.2) is 42.2 Å². The Bertz CT molecular complexity index is 432. The van der Waals surface area contributed by atoms with E-state index in [1.807, 2.05) is 24.3 Å². The molecular formula is C15H23BrN2O2. The van der Waals surface area contributed by atoms with E-state index in [2.05, 4.69) is 40.0 Å². The van der Waals surface area contributed by atoms with Crippen molar-refractivity contribution in [1.29, 1.82) is 0 Å². The van der Waals surface area contributed by atoms with Gasteiger partial charge in [0.15, 0.2) is 0 Å². The zero-order valence-corrected chi connectivity index (χ0v) is 13.9. The van der Waals surface area contributed by atoms with Gasteiger partial charge in [0.1, 0.15) is 5.54 Å². The van der Waals surface area contributed by atoms with E-state index in [0.717, 1.165) is 29.7 Å². The predicted octanol–water partition coefficient (Wildman–Crippen LogP) is 2.68. The number of nitrogens with one attached hydrogen (secondary N) is 1. The molecule has 0 heterocycles. The minimum absolute atomic E-state index is 0.639. The first-order valence-electron chi connectivity index (χ1n) is 6.90. The van der Waals surface area contributed by atoms with Crippen molar-refractivity contribution in [3.05, 3.63) is 34.3 Å². The summed E-state index contributed by atoms with van der Waals surface area (Å²) in [5.74, 6) is -0.862. The number of benzene rings is 1. The summed E-state index contributed by atoms with van der Waals surface area (Å²) in [4.78, 5) is 13.9. The second-order valence-corrected chi connectivity index (χ2v) is 5.81. The molecule has 20 heavy (non-hydrogen) atoms. The molecule has 4 nitrogen and oxygen atoms in total. The lowest BCUT2D eigenvalue weighted by molar-refractivity contribution is -0.144. The van der Waals surface area contributed by atoms with Gasteiger partial charge in [0.25, 0.3) is 0 Å². The minimum Gasteiger partial charge on any atom is -0.480 e. The van der Waals surface area contributed by atoms with Gasteiger partial charge in [-0.2, -0.15) is 0 Å². The van der Waals surface area contributed by atoms with E-state index in [-0.39, 0.29) is 0 Å². The molecule has 0 aliphatic carbocycles. The average Bonchev–Trinajstić information content (AvgIpc) is 2.44. The van der Waals surface area contributed by atoms with E-state index in [9.17, 15) is 9.90 Å². The summed E-state index contributed by atoms with van der Waals surface area (Å²) in [6, 6.07) is 7.40. The maximum absolute atomic E-state index is 11.6. The fraction of sp³-hybridized carbons (Fsp3) is 0.533. The summed E-state index contributed by atoms with van der Waals surface area (Å²) in [6.45, 7) is 9.34. The SMILES string of the molecule is CCN(CC)CCNC(C)(C(=O)O)c1ccc(Br)cc1. The van der Waals surface area contributed by atoms with Crippen LogP contribution < -0.4 is 5.32 Å². The molecule has 1 unspecified atom stereocenters. The van der Waals surface area contributed by atoms with Crippen molar-refractivity contribution in [1.82, 2.24) is 10.2 Å². The number of halogens is 1. The lowest BCUT2D eigenvalue weighted by Gasteiger charge is -2.28. The molecule has 0 radical (unpaired) electrons. The number of likely N-dealkylation sites (N-methyl/N-ethyl adjacent to an activating group) is 1. The third kappa shape index (κ3) is 4.30. The van der Waals surface area contributed by atoms with Gasteiger partial charge in [0.05, 0.1) is 0 Å². The first kappa shape index (κ1) is 17.1. The van der Waals surface area contributed by atoms with Crippen LogP contribution in [0.3, 0.4) is 0 Å². The Labute approximate surface area is 129 Å². The lowest BCUT2D eigenvalue weighted by Crippen LogP contribution is -2.49. The van der Waals surface area contributed by atoms with Crippen molar-refractivity contribution in [2.24, 2.45) is 0 Å². The zero-order valence-electron chi connectivity index (χ0n) is 12.3. The highest BCUT2D eigenvalue weighted by Gasteiger charge is 2.34. The van der Waals surface area contributed by atoms with Crippen LogP contribution in [-0.2, 0) is 10.3 Å². The van der Waals surface area contributed by atoms with Crippen molar-refractivity contribution in [3.8, 4) is 0 Å². The van der Waals surface area contributed by atoms with Crippen molar-refractivity contribution in [3.63, 3.8) is 0 Å². The van der Waals surface area contributed by atoms with Crippen LogP contribution in [0.5, 0.6) is 0 Å². The molecule has 0 amide bonds. The number of rotatable bonds is 8. The average molecular weight is 343 g/mol. The van der Waals surface area contributed by atoms with Crippen LogP contribution in [0.2, 0.25) is 0 Å². The Hall–Kier alpha value is -0.910. The fourth-order valence-electron chi connectivity index (χ4n) is 2.09. The first-order chi connectivity index (χ1) is 9.43. The second-order valence-electron chi connectivity index (χ2n) is 4.89. The molecule has 1 aromatic rings. The lowest BCUT2D eigenvalue weighted by atomic mass is 9.92. The molecule has 1 rings (SSSR count). The number of carboxylic acids is 1. The summed E-state index contributed by atoms with van der Waals surface area (Å²) in [5, 5.41) is 12.7. The molecule has 0 aliphatic heterocycles. The topological polar surface area (TPSA) is 52.6 Å².